The summed E-state index contributed by atoms with van der Waals surface area (Å²) < 4.78 is 13.4. The van der Waals surface area contributed by atoms with Crippen LogP contribution >= 0.6 is 0 Å². The first-order valence-corrected chi connectivity index (χ1v) is 8.86. The summed E-state index contributed by atoms with van der Waals surface area (Å²) in [6, 6.07) is 7.80. The van der Waals surface area contributed by atoms with Crippen LogP contribution in [0.5, 0.6) is 11.5 Å². The average molecular weight is 342 g/mol. The van der Waals surface area contributed by atoms with E-state index in [1.165, 1.54) is 19.3 Å². The second-order valence-corrected chi connectivity index (χ2v) is 6.53. The van der Waals surface area contributed by atoms with E-state index < -0.39 is 6.10 Å². The lowest BCUT2D eigenvalue weighted by Gasteiger charge is -2.26. The smallest absolute Gasteiger partial charge is 0.265 e. The van der Waals surface area contributed by atoms with E-state index in [4.69, 9.17) is 9.47 Å². The zero-order valence-electron chi connectivity index (χ0n) is 14.1. The number of carbonyl (C=O) groups excluding carboxylic acids is 1. The van der Waals surface area contributed by atoms with Crippen molar-refractivity contribution in [2.45, 2.75) is 50.8 Å². The average Bonchev–Trinajstić information content (AvgIpc) is 3.15. The number of aromatic nitrogens is 3. The molecule has 2 aromatic rings. The number of nitrogens with one attached hydrogen (secondary N) is 1. The third-order valence-electron chi connectivity index (χ3n) is 4.84. The van der Waals surface area contributed by atoms with Gasteiger partial charge in [0.25, 0.3) is 5.91 Å². The minimum atomic E-state index is -0.652. The third kappa shape index (κ3) is 3.45. The minimum absolute atomic E-state index is 0.201. The molecule has 2 aliphatic rings. The molecule has 1 saturated carbocycles. The van der Waals surface area contributed by atoms with Gasteiger partial charge >= 0.3 is 0 Å². The highest BCUT2D eigenvalue weighted by atomic mass is 16.6. The maximum Gasteiger partial charge on any atom is 0.265 e. The molecule has 0 unspecified atom stereocenters. The van der Waals surface area contributed by atoms with Crippen LogP contribution < -0.4 is 14.8 Å². The normalized spacial score (nSPS) is 20.2. The zero-order chi connectivity index (χ0) is 17.1. The molecule has 0 bridgehead atoms. The van der Waals surface area contributed by atoms with Crippen molar-refractivity contribution in [3.05, 3.63) is 36.4 Å². The number of ether oxygens (including phenoxy) is 2. The lowest BCUT2D eigenvalue weighted by Crippen LogP contribution is -2.44. The van der Waals surface area contributed by atoms with Gasteiger partial charge in [-0.15, -0.1) is 10.2 Å². The summed E-state index contributed by atoms with van der Waals surface area (Å²) >= 11 is 0. The van der Waals surface area contributed by atoms with Gasteiger partial charge in [0.1, 0.15) is 12.9 Å². The second kappa shape index (κ2) is 7.13. The number of hydrogen-bond donors (Lipinski definition) is 1. The third-order valence-corrected chi connectivity index (χ3v) is 4.84. The number of rotatable bonds is 4. The Morgan fingerprint density at radius 1 is 1.20 bits per heavy atom. The monoisotopic (exact) mass is 342 g/mol. The molecule has 1 atom stereocenters. The topological polar surface area (TPSA) is 78.3 Å². The van der Waals surface area contributed by atoms with Crippen LogP contribution in [0.15, 0.2) is 30.6 Å². The quantitative estimate of drug-likeness (QED) is 0.922. The fourth-order valence-corrected chi connectivity index (χ4v) is 3.49. The van der Waals surface area contributed by atoms with Crippen molar-refractivity contribution < 1.29 is 14.3 Å². The van der Waals surface area contributed by atoms with E-state index in [2.05, 4.69) is 20.1 Å². The molecule has 4 rings (SSSR count). The van der Waals surface area contributed by atoms with Crippen LogP contribution in [-0.4, -0.2) is 33.4 Å². The fourth-order valence-electron chi connectivity index (χ4n) is 3.49. The summed E-state index contributed by atoms with van der Waals surface area (Å²) in [5, 5.41) is 11.1. The molecule has 132 valence electrons. The van der Waals surface area contributed by atoms with E-state index in [9.17, 15) is 4.79 Å². The Hall–Kier alpha value is -2.57. The highest BCUT2D eigenvalue weighted by Gasteiger charge is 2.27. The molecule has 1 aliphatic heterocycles. The summed E-state index contributed by atoms with van der Waals surface area (Å²) in [6.07, 6.45) is 7.19. The molecule has 2 heterocycles. The molecule has 1 aromatic heterocycles. The predicted octanol–water partition coefficient (Wildman–Crippen LogP) is 2.24. The number of nitrogens with zero attached hydrogens (tertiary/aromatic N) is 3. The highest BCUT2D eigenvalue weighted by Crippen LogP contribution is 2.31. The molecular formula is C18H22N4O3. The lowest BCUT2D eigenvalue weighted by molar-refractivity contribution is -0.130. The standard InChI is InChI=1S/C18H22N4O3/c23-18(16-11-24-14-8-4-5-9-15(14)25-16)19-10-17-21-20-12-22(17)13-6-2-1-3-7-13/h4-5,8-9,12-13,16H,1-3,6-7,10-11H2,(H,19,23)/t16-/m1/s1. The molecule has 1 aliphatic carbocycles. The molecule has 1 N–H and O–H groups in total. The number of carbonyl (C=O) groups is 1. The molecule has 1 amide bonds. The number of amides is 1. The number of hydrogen-bond acceptors (Lipinski definition) is 5. The summed E-state index contributed by atoms with van der Waals surface area (Å²) in [6.45, 7) is 0.551. The van der Waals surface area contributed by atoms with Crippen molar-refractivity contribution in [3.8, 4) is 11.5 Å². The molecule has 0 saturated heterocycles. The lowest BCUT2D eigenvalue weighted by atomic mass is 9.95. The maximum atomic E-state index is 12.4. The molecule has 25 heavy (non-hydrogen) atoms. The first kappa shape index (κ1) is 15.9. The van der Waals surface area contributed by atoms with Crippen LogP contribution in [0.3, 0.4) is 0 Å². The first-order chi connectivity index (χ1) is 12.3. The van der Waals surface area contributed by atoms with Crippen molar-refractivity contribution in [1.29, 1.82) is 0 Å². The molecular weight excluding hydrogens is 320 g/mol. The number of para-hydroxylation sites is 2. The van der Waals surface area contributed by atoms with Crippen molar-refractivity contribution >= 4 is 5.91 Å². The Kier molecular flexibility index (Phi) is 4.54. The summed E-state index contributed by atoms with van der Waals surface area (Å²) in [5.74, 6) is 1.85. The highest BCUT2D eigenvalue weighted by molar-refractivity contribution is 5.81. The fraction of sp³-hybridized carbons (Fsp3) is 0.500. The number of fused-ring (bicyclic) bond motifs is 1. The minimum Gasteiger partial charge on any atom is -0.485 e. The number of benzene rings is 1. The maximum absolute atomic E-state index is 12.4. The van der Waals surface area contributed by atoms with E-state index >= 15 is 0 Å². The summed E-state index contributed by atoms with van der Waals surface area (Å²) in [5.41, 5.74) is 0. The van der Waals surface area contributed by atoms with Crippen LogP contribution in [-0.2, 0) is 11.3 Å². The van der Waals surface area contributed by atoms with Gasteiger partial charge in [-0.05, 0) is 25.0 Å². The van der Waals surface area contributed by atoms with Gasteiger partial charge in [-0.3, -0.25) is 4.79 Å². The van der Waals surface area contributed by atoms with Gasteiger partial charge in [-0.1, -0.05) is 31.4 Å². The molecule has 0 radical (unpaired) electrons. The van der Waals surface area contributed by atoms with Gasteiger partial charge < -0.3 is 19.4 Å². The van der Waals surface area contributed by atoms with Gasteiger partial charge in [-0.25, -0.2) is 0 Å². The van der Waals surface area contributed by atoms with Gasteiger partial charge in [0.2, 0.25) is 6.10 Å². The molecule has 1 aromatic carbocycles. The van der Waals surface area contributed by atoms with Gasteiger partial charge in [0, 0.05) is 6.04 Å². The van der Waals surface area contributed by atoms with Crippen LogP contribution in [0, 0.1) is 0 Å². The van der Waals surface area contributed by atoms with Crippen LogP contribution in [0.4, 0.5) is 0 Å². The van der Waals surface area contributed by atoms with Crippen molar-refractivity contribution in [2.75, 3.05) is 6.61 Å². The van der Waals surface area contributed by atoms with Crippen molar-refractivity contribution in [2.24, 2.45) is 0 Å². The zero-order valence-corrected chi connectivity index (χ0v) is 14.1. The Balaban J connectivity index is 1.36. The van der Waals surface area contributed by atoms with E-state index in [0.717, 1.165) is 18.7 Å². The van der Waals surface area contributed by atoms with E-state index in [0.29, 0.717) is 24.1 Å². The Morgan fingerprint density at radius 2 is 2.00 bits per heavy atom. The summed E-state index contributed by atoms with van der Waals surface area (Å²) in [7, 11) is 0. The largest absolute Gasteiger partial charge is 0.485 e. The van der Waals surface area contributed by atoms with Crippen LogP contribution in [0.2, 0.25) is 0 Å². The van der Waals surface area contributed by atoms with Crippen LogP contribution in [0.1, 0.15) is 44.0 Å². The Labute approximate surface area is 146 Å². The van der Waals surface area contributed by atoms with Crippen LogP contribution in [0.25, 0.3) is 0 Å². The van der Waals surface area contributed by atoms with E-state index in [1.807, 2.05) is 18.2 Å². The molecule has 0 spiro atoms. The molecule has 1 fully saturated rings. The van der Waals surface area contributed by atoms with Gasteiger partial charge in [-0.2, -0.15) is 0 Å². The van der Waals surface area contributed by atoms with E-state index in [-0.39, 0.29) is 12.5 Å². The summed E-state index contributed by atoms with van der Waals surface area (Å²) in [4.78, 5) is 12.4. The second-order valence-electron chi connectivity index (χ2n) is 6.53. The van der Waals surface area contributed by atoms with E-state index in [1.54, 1.807) is 12.4 Å². The van der Waals surface area contributed by atoms with Gasteiger partial charge in [0.05, 0.1) is 6.54 Å². The first-order valence-electron chi connectivity index (χ1n) is 8.86. The Bertz CT molecular complexity index is 739. The predicted molar refractivity (Wildman–Crippen MR) is 90.3 cm³/mol. The van der Waals surface area contributed by atoms with Gasteiger partial charge in [0.15, 0.2) is 17.3 Å². The van der Waals surface area contributed by atoms with Crippen molar-refractivity contribution in [3.63, 3.8) is 0 Å². The molecule has 7 heteroatoms. The van der Waals surface area contributed by atoms with Crippen molar-refractivity contribution in [1.82, 2.24) is 20.1 Å². The Morgan fingerprint density at radius 3 is 2.84 bits per heavy atom. The molecule has 7 nitrogen and oxygen atoms in total. The SMILES string of the molecule is O=C(NCc1nncn1C1CCCCC1)[C@H]1COc2ccccc2O1.